The minimum Gasteiger partial charge on any atom is -0.334 e. The highest BCUT2D eigenvalue weighted by atomic mass is 35.5. The second kappa shape index (κ2) is 5.69. The third-order valence-corrected chi connectivity index (χ3v) is 3.15. The summed E-state index contributed by atoms with van der Waals surface area (Å²) in [6.07, 6.45) is 6.49. The number of aldehydes is 1. The van der Waals surface area contributed by atoms with Gasteiger partial charge in [0.25, 0.3) is 0 Å². The lowest BCUT2D eigenvalue weighted by atomic mass is 10.2. The van der Waals surface area contributed by atoms with Gasteiger partial charge in [0.05, 0.1) is 5.69 Å². The Morgan fingerprint density at radius 3 is 2.89 bits per heavy atom. The zero-order valence-electron chi connectivity index (χ0n) is 10.1. The Labute approximate surface area is 111 Å². The molecule has 0 amide bonds. The van der Waals surface area contributed by atoms with Gasteiger partial charge in [-0.25, -0.2) is 0 Å². The van der Waals surface area contributed by atoms with E-state index >= 15 is 0 Å². The van der Waals surface area contributed by atoms with Crippen molar-refractivity contribution < 1.29 is 4.79 Å². The topological polar surface area (TPSA) is 22.0 Å². The molecule has 0 radical (unpaired) electrons. The smallest absolute Gasteiger partial charge is 0.166 e. The van der Waals surface area contributed by atoms with Gasteiger partial charge in [-0.2, -0.15) is 0 Å². The highest BCUT2D eigenvalue weighted by Gasteiger charge is 2.05. The highest BCUT2D eigenvalue weighted by molar-refractivity contribution is 6.31. The zero-order chi connectivity index (χ0) is 13.0. The van der Waals surface area contributed by atoms with E-state index in [1.54, 1.807) is 0 Å². The fourth-order valence-electron chi connectivity index (χ4n) is 1.90. The fraction of sp³-hybridized carbons (Fsp3) is 0.133. The molecule has 1 heterocycles. The summed E-state index contributed by atoms with van der Waals surface area (Å²) in [5.74, 6) is 0. The van der Waals surface area contributed by atoms with E-state index in [-0.39, 0.29) is 0 Å². The molecule has 0 atom stereocenters. The van der Waals surface area contributed by atoms with Gasteiger partial charge in [-0.1, -0.05) is 42.0 Å². The number of fused-ring (bicyclic) bond motifs is 1. The summed E-state index contributed by atoms with van der Waals surface area (Å²) in [4.78, 5) is 11.1. The monoisotopic (exact) mass is 259 g/mol. The number of benzene rings is 1. The van der Waals surface area contributed by atoms with Crippen LogP contribution in [0.3, 0.4) is 0 Å². The normalized spacial score (nSPS) is 12.4. The molecule has 1 aromatic carbocycles. The molecule has 0 spiro atoms. The molecule has 3 heteroatoms. The molecule has 2 rings (SSSR count). The number of hydrogen-bond acceptors (Lipinski definition) is 1. The Bertz CT molecular complexity index is 622. The molecule has 0 aliphatic carbocycles. The van der Waals surface area contributed by atoms with E-state index in [0.29, 0.717) is 17.3 Å². The van der Waals surface area contributed by atoms with Crippen molar-refractivity contribution in [2.75, 3.05) is 0 Å². The van der Waals surface area contributed by atoms with Crippen LogP contribution in [0.15, 0.2) is 53.6 Å². The van der Waals surface area contributed by atoms with Crippen LogP contribution in [-0.4, -0.2) is 10.9 Å². The molecule has 2 aromatic rings. The van der Waals surface area contributed by atoms with Gasteiger partial charge in [-0.05, 0) is 25.1 Å². The maximum atomic E-state index is 11.1. The Hall–Kier alpha value is -1.80. The Balaban J connectivity index is 2.37. The van der Waals surface area contributed by atoms with E-state index in [1.165, 1.54) is 0 Å². The summed E-state index contributed by atoms with van der Waals surface area (Å²) in [7, 11) is 0. The Morgan fingerprint density at radius 1 is 1.39 bits per heavy atom. The zero-order valence-corrected chi connectivity index (χ0v) is 10.9. The van der Waals surface area contributed by atoms with Crippen molar-refractivity contribution in [3.05, 3.63) is 59.3 Å². The molecule has 0 saturated carbocycles. The third kappa shape index (κ3) is 2.54. The molecule has 0 bridgehead atoms. The SMILES string of the molecule is C/C=C(Cl)\C=C/Cn1c(C=O)cc2ccccc21. The van der Waals surface area contributed by atoms with E-state index < -0.39 is 0 Å². The highest BCUT2D eigenvalue weighted by Crippen LogP contribution is 2.18. The molecular weight excluding hydrogens is 246 g/mol. The number of carbonyl (C=O) groups is 1. The molecule has 0 N–H and O–H groups in total. The van der Waals surface area contributed by atoms with E-state index in [2.05, 4.69) is 0 Å². The second-order valence-corrected chi connectivity index (χ2v) is 4.37. The minimum atomic E-state index is 0.631. The van der Waals surface area contributed by atoms with Gasteiger partial charge in [0, 0.05) is 22.5 Å². The quantitative estimate of drug-likeness (QED) is 0.597. The lowest BCUT2D eigenvalue weighted by Crippen LogP contribution is -1.99. The van der Waals surface area contributed by atoms with Gasteiger partial charge in [0.1, 0.15) is 0 Å². The number of aromatic nitrogens is 1. The number of hydrogen-bond donors (Lipinski definition) is 0. The van der Waals surface area contributed by atoms with Gasteiger partial charge in [-0.3, -0.25) is 4.79 Å². The van der Waals surface area contributed by atoms with E-state index in [0.717, 1.165) is 17.2 Å². The molecule has 92 valence electrons. The van der Waals surface area contributed by atoms with Crippen molar-refractivity contribution in [1.82, 2.24) is 4.57 Å². The van der Waals surface area contributed by atoms with Crippen molar-refractivity contribution in [2.45, 2.75) is 13.5 Å². The lowest BCUT2D eigenvalue weighted by Gasteiger charge is -2.03. The van der Waals surface area contributed by atoms with E-state index in [1.807, 2.05) is 60.1 Å². The standard InChI is InChI=1S/C15H14ClNO/c1-2-13(16)7-5-9-17-14(11-18)10-12-6-3-4-8-15(12)17/h2-8,10-11H,9H2,1H3/b7-5-,13-2+. The fourth-order valence-corrected chi connectivity index (χ4v) is 1.99. The summed E-state index contributed by atoms with van der Waals surface area (Å²) < 4.78 is 1.97. The largest absolute Gasteiger partial charge is 0.334 e. The maximum Gasteiger partial charge on any atom is 0.166 e. The number of nitrogens with zero attached hydrogens (tertiary/aromatic N) is 1. The average Bonchev–Trinajstić information content (AvgIpc) is 2.77. The van der Waals surface area contributed by atoms with Crippen LogP contribution in [0.5, 0.6) is 0 Å². The van der Waals surface area contributed by atoms with Crippen molar-refractivity contribution >= 4 is 28.8 Å². The first-order chi connectivity index (χ1) is 8.76. The van der Waals surface area contributed by atoms with E-state index in [4.69, 9.17) is 11.6 Å². The predicted molar refractivity (Wildman–Crippen MR) is 76.1 cm³/mol. The summed E-state index contributed by atoms with van der Waals surface area (Å²) in [6, 6.07) is 9.84. The predicted octanol–water partition coefficient (Wildman–Crippen LogP) is 4.15. The van der Waals surface area contributed by atoms with Gasteiger partial charge in [-0.15, -0.1) is 0 Å². The van der Waals surface area contributed by atoms with Crippen molar-refractivity contribution in [3.63, 3.8) is 0 Å². The summed E-state index contributed by atoms with van der Waals surface area (Å²) in [5, 5.41) is 1.77. The number of para-hydroxylation sites is 1. The molecule has 0 fully saturated rings. The van der Waals surface area contributed by atoms with Crippen LogP contribution in [0.1, 0.15) is 17.4 Å². The first kappa shape index (κ1) is 12.7. The van der Waals surface area contributed by atoms with Crippen molar-refractivity contribution in [2.24, 2.45) is 0 Å². The number of allylic oxidation sites excluding steroid dienone is 4. The van der Waals surface area contributed by atoms with Gasteiger partial charge >= 0.3 is 0 Å². The number of rotatable bonds is 4. The average molecular weight is 260 g/mol. The van der Waals surface area contributed by atoms with Crippen LogP contribution in [0.4, 0.5) is 0 Å². The van der Waals surface area contributed by atoms with Gasteiger partial charge in [0.2, 0.25) is 0 Å². The van der Waals surface area contributed by atoms with Crippen LogP contribution < -0.4 is 0 Å². The molecule has 2 nitrogen and oxygen atoms in total. The third-order valence-electron chi connectivity index (χ3n) is 2.80. The Kier molecular flexibility index (Phi) is 4.00. The van der Waals surface area contributed by atoms with Crippen LogP contribution in [0.25, 0.3) is 10.9 Å². The molecule has 0 saturated heterocycles. The van der Waals surface area contributed by atoms with Crippen molar-refractivity contribution in [3.8, 4) is 0 Å². The van der Waals surface area contributed by atoms with Gasteiger partial charge in [0.15, 0.2) is 6.29 Å². The summed E-state index contributed by atoms with van der Waals surface area (Å²) >= 11 is 5.89. The van der Waals surface area contributed by atoms with Crippen LogP contribution in [0.2, 0.25) is 0 Å². The minimum absolute atomic E-state index is 0.631. The molecular formula is C15H14ClNO. The van der Waals surface area contributed by atoms with E-state index in [9.17, 15) is 4.79 Å². The first-order valence-electron chi connectivity index (χ1n) is 5.78. The second-order valence-electron chi connectivity index (χ2n) is 3.93. The van der Waals surface area contributed by atoms with Crippen molar-refractivity contribution in [1.29, 1.82) is 0 Å². The molecule has 1 aromatic heterocycles. The van der Waals surface area contributed by atoms with Gasteiger partial charge < -0.3 is 4.57 Å². The summed E-state index contributed by atoms with van der Waals surface area (Å²) in [6.45, 7) is 2.51. The molecule has 0 aliphatic heterocycles. The summed E-state index contributed by atoms with van der Waals surface area (Å²) in [5.41, 5.74) is 1.73. The molecule has 0 aliphatic rings. The van der Waals surface area contributed by atoms with Crippen LogP contribution in [-0.2, 0) is 6.54 Å². The maximum absolute atomic E-state index is 11.1. The Morgan fingerprint density at radius 2 is 2.17 bits per heavy atom. The number of carbonyl (C=O) groups excluding carboxylic acids is 1. The number of halogens is 1. The molecule has 18 heavy (non-hydrogen) atoms. The van der Waals surface area contributed by atoms with Crippen LogP contribution >= 0.6 is 11.6 Å². The van der Waals surface area contributed by atoms with Crippen LogP contribution in [0, 0.1) is 0 Å². The first-order valence-corrected chi connectivity index (χ1v) is 6.16. The lowest BCUT2D eigenvalue weighted by molar-refractivity contribution is 0.111. The molecule has 0 unspecified atom stereocenters.